The summed E-state index contributed by atoms with van der Waals surface area (Å²) in [5, 5.41) is 7.22. The molecule has 1 aromatic heterocycles. The summed E-state index contributed by atoms with van der Waals surface area (Å²) in [6, 6.07) is 4.80. The van der Waals surface area contributed by atoms with E-state index in [-0.39, 0.29) is 5.91 Å². The largest absolute Gasteiger partial charge is 0.398 e. The summed E-state index contributed by atoms with van der Waals surface area (Å²) in [7, 11) is 1.67. The van der Waals surface area contributed by atoms with Gasteiger partial charge in [0.2, 0.25) is 0 Å². The van der Waals surface area contributed by atoms with Crippen molar-refractivity contribution >= 4 is 23.2 Å². The highest BCUT2D eigenvalue weighted by Crippen LogP contribution is 2.19. The maximum absolute atomic E-state index is 12.2. The van der Waals surface area contributed by atoms with E-state index in [9.17, 15) is 4.79 Å². The minimum Gasteiger partial charge on any atom is -0.398 e. The molecule has 1 aromatic carbocycles. The molecule has 1 amide bonds. The van der Waals surface area contributed by atoms with E-state index < -0.39 is 0 Å². The SMILES string of the molecule is Cc1nc(CN(C)C(=O)c2ccc(Cl)cc2N)n[nH]1. The number of H-pyrrole nitrogens is 1. The molecule has 0 unspecified atom stereocenters. The highest BCUT2D eigenvalue weighted by Gasteiger charge is 2.16. The zero-order valence-corrected chi connectivity index (χ0v) is 11.4. The van der Waals surface area contributed by atoms with Gasteiger partial charge in [-0.05, 0) is 25.1 Å². The number of nitrogen functional groups attached to an aromatic ring is 1. The summed E-state index contributed by atoms with van der Waals surface area (Å²) in [6.07, 6.45) is 0. The number of aryl methyl sites for hydroxylation is 1. The molecule has 0 aliphatic carbocycles. The number of nitrogens with two attached hydrogens (primary N) is 1. The Hall–Kier alpha value is -2.08. The molecule has 0 aliphatic heterocycles. The minimum atomic E-state index is -0.198. The van der Waals surface area contributed by atoms with Crippen LogP contribution in [0.5, 0.6) is 0 Å². The van der Waals surface area contributed by atoms with Gasteiger partial charge in [0, 0.05) is 17.8 Å². The number of anilines is 1. The van der Waals surface area contributed by atoms with Gasteiger partial charge < -0.3 is 10.6 Å². The number of hydrogen-bond acceptors (Lipinski definition) is 4. The van der Waals surface area contributed by atoms with Crippen molar-refractivity contribution in [2.75, 3.05) is 12.8 Å². The van der Waals surface area contributed by atoms with Crippen LogP contribution in [0.1, 0.15) is 22.0 Å². The van der Waals surface area contributed by atoms with Crippen LogP contribution in [-0.4, -0.2) is 33.0 Å². The number of benzene rings is 1. The molecule has 0 atom stereocenters. The number of nitrogens with zero attached hydrogens (tertiary/aromatic N) is 3. The van der Waals surface area contributed by atoms with Crippen molar-refractivity contribution in [3.63, 3.8) is 0 Å². The Bertz CT molecular complexity index is 610. The van der Waals surface area contributed by atoms with Gasteiger partial charge in [-0.3, -0.25) is 9.89 Å². The number of hydrogen-bond donors (Lipinski definition) is 2. The van der Waals surface area contributed by atoms with Crippen molar-refractivity contribution in [1.29, 1.82) is 0 Å². The van der Waals surface area contributed by atoms with Crippen molar-refractivity contribution in [2.24, 2.45) is 0 Å². The lowest BCUT2D eigenvalue weighted by molar-refractivity contribution is 0.0782. The molecule has 0 aliphatic rings. The molecule has 6 nitrogen and oxygen atoms in total. The van der Waals surface area contributed by atoms with E-state index in [4.69, 9.17) is 17.3 Å². The quantitative estimate of drug-likeness (QED) is 0.836. The van der Waals surface area contributed by atoms with Gasteiger partial charge in [-0.1, -0.05) is 11.6 Å². The van der Waals surface area contributed by atoms with Crippen molar-refractivity contribution in [3.8, 4) is 0 Å². The van der Waals surface area contributed by atoms with Crippen LogP contribution < -0.4 is 5.73 Å². The molecule has 3 N–H and O–H groups in total. The van der Waals surface area contributed by atoms with E-state index in [0.29, 0.717) is 34.5 Å². The van der Waals surface area contributed by atoms with Crippen LogP contribution in [0.3, 0.4) is 0 Å². The molecule has 0 saturated heterocycles. The fraction of sp³-hybridized carbons (Fsp3) is 0.250. The number of aromatic amines is 1. The molecule has 0 radical (unpaired) electrons. The third-order valence-corrected chi connectivity index (χ3v) is 2.85. The van der Waals surface area contributed by atoms with Gasteiger partial charge in [0.05, 0.1) is 12.1 Å². The summed E-state index contributed by atoms with van der Waals surface area (Å²) in [5.41, 5.74) is 6.56. The van der Waals surface area contributed by atoms with Crippen LogP contribution >= 0.6 is 11.6 Å². The summed E-state index contributed by atoms with van der Waals surface area (Å²) in [6.45, 7) is 2.11. The zero-order chi connectivity index (χ0) is 14.0. The predicted molar refractivity (Wildman–Crippen MR) is 72.8 cm³/mol. The second-order valence-electron chi connectivity index (χ2n) is 4.23. The van der Waals surface area contributed by atoms with E-state index in [0.717, 1.165) is 0 Å². The highest BCUT2D eigenvalue weighted by molar-refractivity contribution is 6.31. The van der Waals surface area contributed by atoms with Crippen molar-refractivity contribution in [1.82, 2.24) is 20.1 Å². The topological polar surface area (TPSA) is 87.9 Å². The van der Waals surface area contributed by atoms with E-state index in [1.807, 2.05) is 0 Å². The van der Waals surface area contributed by atoms with E-state index in [1.165, 1.54) is 4.90 Å². The lowest BCUT2D eigenvalue weighted by Crippen LogP contribution is -2.27. The van der Waals surface area contributed by atoms with Crippen molar-refractivity contribution in [3.05, 3.63) is 40.4 Å². The van der Waals surface area contributed by atoms with Crippen LogP contribution in [0.2, 0.25) is 5.02 Å². The van der Waals surface area contributed by atoms with Gasteiger partial charge in [-0.15, -0.1) is 0 Å². The number of aromatic nitrogens is 3. The molecule has 2 aromatic rings. The molecular formula is C12H14ClN5O. The first-order valence-electron chi connectivity index (χ1n) is 5.65. The Morgan fingerprint density at radius 3 is 2.84 bits per heavy atom. The monoisotopic (exact) mass is 279 g/mol. The molecular weight excluding hydrogens is 266 g/mol. The first-order valence-corrected chi connectivity index (χ1v) is 6.03. The third-order valence-electron chi connectivity index (χ3n) is 2.61. The Morgan fingerprint density at radius 2 is 2.26 bits per heavy atom. The maximum atomic E-state index is 12.2. The number of carbonyl (C=O) groups excluding carboxylic acids is 1. The average molecular weight is 280 g/mol. The molecule has 2 rings (SSSR count). The Morgan fingerprint density at radius 1 is 1.53 bits per heavy atom. The van der Waals surface area contributed by atoms with Gasteiger partial charge in [0.1, 0.15) is 5.82 Å². The van der Waals surface area contributed by atoms with Gasteiger partial charge in [-0.25, -0.2) is 4.98 Å². The fourth-order valence-electron chi connectivity index (χ4n) is 1.68. The number of carbonyl (C=O) groups is 1. The standard InChI is InChI=1S/C12H14ClN5O/c1-7-15-11(17-16-7)6-18(2)12(19)9-4-3-8(13)5-10(9)14/h3-5H,6,14H2,1-2H3,(H,15,16,17). The van der Waals surface area contributed by atoms with E-state index in [2.05, 4.69) is 15.2 Å². The smallest absolute Gasteiger partial charge is 0.256 e. The lowest BCUT2D eigenvalue weighted by Gasteiger charge is -2.16. The van der Waals surface area contributed by atoms with Crippen molar-refractivity contribution < 1.29 is 4.79 Å². The average Bonchev–Trinajstić information content (AvgIpc) is 2.74. The summed E-state index contributed by atoms with van der Waals surface area (Å²) in [5.74, 6) is 1.07. The van der Waals surface area contributed by atoms with Gasteiger partial charge in [0.25, 0.3) is 5.91 Å². The first kappa shape index (κ1) is 13.4. The molecule has 1 heterocycles. The van der Waals surface area contributed by atoms with Crippen LogP contribution in [-0.2, 0) is 6.54 Å². The van der Waals surface area contributed by atoms with Gasteiger partial charge in [0.15, 0.2) is 5.82 Å². The van der Waals surface area contributed by atoms with E-state index >= 15 is 0 Å². The highest BCUT2D eigenvalue weighted by atomic mass is 35.5. The molecule has 100 valence electrons. The van der Waals surface area contributed by atoms with E-state index in [1.54, 1.807) is 32.2 Å². The molecule has 0 fully saturated rings. The molecule has 7 heteroatoms. The summed E-state index contributed by atoms with van der Waals surface area (Å²) in [4.78, 5) is 17.9. The molecule has 0 bridgehead atoms. The Kier molecular flexibility index (Phi) is 3.71. The predicted octanol–water partition coefficient (Wildman–Crippen LogP) is 1.62. The van der Waals surface area contributed by atoms with Gasteiger partial charge in [-0.2, -0.15) is 5.10 Å². The molecule has 0 spiro atoms. The lowest BCUT2D eigenvalue weighted by atomic mass is 10.1. The van der Waals surface area contributed by atoms with Crippen molar-refractivity contribution in [2.45, 2.75) is 13.5 Å². The second-order valence-corrected chi connectivity index (χ2v) is 4.67. The third kappa shape index (κ3) is 3.03. The Balaban J connectivity index is 2.14. The molecule has 19 heavy (non-hydrogen) atoms. The summed E-state index contributed by atoms with van der Waals surface area (Å²) < 4.78 is 0. The fourth-order valence-corrected chi connectivity index (χ4v) is 1.86. The number of nitrogens with one attached hydrogen (secondary N) is 1. The van der Waals surface area contributed by atoms with Gasteiger partial charge >= 0.3 is 0 Å². The Labute approximate surface area is 115 Å². The second kappa shape index (κ2) is 5.27. The number of amides is 1. The normalized spacial score (nSPS) is 10.5. The maximum Gasteiger partial charge on any atom is 0.256 e. The molecule has 0 saturated carbocycles. The zero-order valence-electron chi connectivity index (χ0n) is 10.6. The van der Waals surface area contributed by atoms with Crippen LogP contribution in [0.4, 0.5) is 5.69 Å². The van der Waals surface area contributed by atoms with Crippen LogP contribution in [0, 0.1) is 6.92 Å². The number of rotatable bonds is 3. The van der Waals surface area contributed by atoms with Crippen LogP contribution in [0.15, 0.2) is 18.2 Å². The van der Waals surface area contributed by atoms with Crippen LogP contribution in [0.25, 0.3) is 0 Å². The first-order chi connectivity index (χ1) is 8.97. The minimum absolute atomic E-state index is 0.198. The number of halogens is 1. The summed E-state index contributed by atoms with van der Waals surface area (Å²) >= 11 is 5.80.